The van der Waals surface area contributed by atoms with Gasteiger partial charge in [0.05, 0.1) is 11.4 Å². The summed E-state index contributed by atoms with van der Waals surface area (Å²) in [5, 5.41) is 0. The zero-order valence-corrected chi connectivity index (χ0v) is 10.3. The summed E-state index contributed by atoms with van der Waals surface area (Å²) in [5.74, 6) is 0.413. The van der Waals surface area contributed by atoms with E-state index in [-0.39, 0.29) is 11.4 Å². The molecule has 7 heteroatoms. The first kappa shape index (κ1) is 12.5. The van der Waals surface area contributed by atoms with Crippen LogP contribution in [0.1, 0.15) is 5.82 Å². The van der Waals surface area contributed by atoms with Crippen LogP contribution in [0.15, 0.2) is 47.6 Å². The third-order valence-electron chi connectivity index (χ3n) is 2.23. The highest BCUT2D eigenvalue weighted by atomic mass is 32.2. The van der Waals surface area contributed by atoms with E-state index in [1.54, 1.807) is 18.5 Å². The van der Waals surface area contributed by atoms with Gasteiger partial charge in [-0.15, -0.1) is 0 Å². The van der Waals surface area contributed by atoms with Crippen molar-refractivity contribution in [2.24, 2.45) is 0 Å². The van der Waals surface area contributed by atoms with Crippen molar-refractivity contribution >= 4 is 15.7 Å². The third-order valence-corrected chi connectivity index (χ3v) is 3.65. The third kappa shape index (κ3) is 3.02. The molecule has 0 bridgehead atoms. The fourth-order valence-corrected chi connectivity index (χ4v) is 2.29. The highest BCUT2D eigenvalue weighted by Crippen LogP contribution is 2.11. The Morgan fingerprint density at radius 2 is 1.72 bits per heavy atom. The maximum atomic E-state index is 11.9. The minimum atomic E-state index is -3.56. The van der Waals surface area contributed by atoms with Gasteiger partial charge in [-0.2, -0.15) is 0 Å². The van der Waals surface area contributed by atoms with Gasteiger partial charge in [-0.1, -0.05) is 0 Å². The number of hydrogen-bond donors (Lipinski definition) is 2. The maximum absolute atomic E-state index is 11.9. The number of aromatic nitrogens is 2. The van der Waals surface area contributed by atoms with Gasteiger partial charge >= 0.3 is 0 Å². The van der Waals surface area contributed by atoms with E-state index >= 15 is 0 Å². The standard InChI is InChI=1S/C11H12N4O2S/c12-9-2-4-10(5-3-9)18(16,17)15-8-11-13-6-1-7-14-11/h1-7,15H,8,12H2. The molecule has 6 nitrogen and oxygen atoms in total. The van der Waals surface area contributed by atoms with Gasteiger partial charge in [0.1, 0.15) is 5.82 Å². The molecule has 2 aromatic rings. The molecule has 2 rings (SSSR count). The molecule has 0 saturated carbocycles. The topological polar surface area (TPSA) is 98.0 Å². The number of benzene rings is 1. The number of nitrogen functional groups attached to an aromatic ring is 1. The van der Waals surface area contributed by atoms with E-state index in [9.17, 15) is 8.42 Å². The van der Waals surface area contributed by atoms with Crippen molar-refractivity contribution in [2.45, 2.75) is 11.4 Å². The van der Waals surface area contributed by atoms with Crippen LogP contribution in [0.2, 0.25) is 0 Å². The van der Waals surface area contributed by atoms with Crippen LogP contribution in [0.25, 0.3) is 0 Å². The van der Waals surface area contributed by atoms with Gasteiger partial charge in [0.15, 0.2) is 0 Å². The quantitative estimate of drug-likeness (QED) is 0.785. The Morgan fingerprint density at radius 1 is 1.11 bits per heavy atom. The number of nitrogens with one attached hydrogen (secondary N) is 1. The molecule has 18 heavy (non-hydrogen) atoms. The molecule has 0 unspecified atom stereocenters. The summed E-state index contributed by atoms with van der Waals surface area (Å²) in [7, 11) is -3.56. The largest absolute Gasteiger partial charge is 0.399 e. The zero-order valence-electron chi connectivity index (χ0n) is 9.45. The average molecular weight is 264 g/mol. The smallest absolute Gasteiger partial charge is 0.240 e. The summed E-state index contributed by atoms with van der Waals surface area (Å²) in [6, 6.07) is 7.63. The molecule has 94 valence electrons. The lowest BCUT2D eigenvalue weighted by Gasteiger charge is -2.05. The van der Waals surface area contributed by atoms with Crippen molar-refractivity contribution in [1.82, 2.24) is 14.7 Å². The molecule has 3 N–H and O–H groups in total. The molecule has 0 aliphatic rings. The fraction of sp³-hybridized carbons (Fsp3) is 0.0909. The maximum Gasteiger partial charge on any atom is 0.240 e. The summed E-state index contributed by atoms with van der Waals surface area (Å²) < 4.78 is 26.2. The molecule has 0 aliphatic carbocycles. The molecular weight excluding hydrogens is 252 g/mol. The fourth-order valence-electron chi connectivity index (χ4n) is 1.31. The number of sulfonamides is 1. The Balaban J connectivity index is 2.11. The predicted molar refractivity (Wildman–Crippen MR) is 66.9 cm³/mol. The van der Waals surface area contributed by atoms with Crippen molar-refractivity contribution < 1.29 is 8.42 Å². The zero-order chi connectivity index (χ0) is 13.0. The molecular formula is C11H12N4O2S. The van der Waals surface area contributed by atoms with Gasteiger partial charge in [-0.3, -0.25) is 0 Å². The summed E-state index contributed by atoms with van der Waals surface area (Å²) >= 11 is 0. The molecule has 1 aromatic carbocycles. The van der Waals surface area contributed by atoms with E-state index in [0.29, 0.717) is 11.5 Å². The Bertz CT molecular complexity index is 611. The van der Waals surface area contributed by atoms with E-state index in [1.165, 1.54) is 24.3 Å². The van der Waals surface area contributed by atoms with Crippen LogP contribution in [0.5, 0.6) is 0 Å². The molecule has 0 fully saturated rings. The second kappa shape index (κ2) is 5.11. The second-order valence-corrected chi connectivity index (χ2v) is 5.33. The Morgan fingerprint density at radius 3 is 2.33 bits per heavy atom. The molecule has 0 radical (unpaired) electrons. The SMILES string of the molecule is Nc1ccc(S(=O)(=O)NCc2ncccn2)cc1. The molecule has 0 saturated heterocycles. The minimum Gasteiger partial charge on any atom is -0.399 e. The van der Waals surface area contributed by atoms with Crippen LogP contribution < -0.4 is 10.5 Å². The van der Waals surface area contributed by atoms with Crippen LogP contribution in [0, 0.1) is 0 Å². The molecule has 1 aromatic heterocycles. The van der Waals surface area contributed by atoms with Crippen molar-refractivity contribution in [2.75, 3.05) is 5.73 Å². The number of nitrogens with zero attached hydrogens (tertiary/aromatic N) is 2. The van der Waals surface area contributed by atoms with E-state index in [2.05, 4.69) is 14.7 Å². The van der Waals surface area contributed by atoms with Gasteiger partial charge in [0, 0.05) is 18.1 Å². The Kier molecular flexibility index (Phi) is 3.54. The highest BCUT2D eigenvalue weighted by molar-refractivity contribution is 7.89. The lowest BCUT2D eigenvalue weighted by Crippen LogP contribution is -2.24. The van der Waals surface area contributed by atoms with Crippen LogP contribution in [0.4, 0.5) is 5.69 Å². The summed E-state index contributed by atoms with van der Waals surface area (Å²) in [4.78, 5) is 8.02. The van der Waals surface area contributed by atoms with Crippen molar-refractivity contribution in [1.29, 1.82) is 0 Å². The van der Waals surface area contributed by atoms with Crippen LogP contribution in [-0.4, -0.2) is 18.4 Å². The molecule has 0 atom stereocenters. The molecule has 0 spiro atoms. The van der Waals surface area contributed by atoms with Crippen LogP contribution in [0.3, 0.4) is 0 Å². The Labute approximate surface area is 105 Å². The lowest BCUT2D eigenvalue weighted by molar-refractivity contribution is 0.579. The lowest BCUT2D eigenvalue weighted by atomic mass is 10.3. The van der Waals surface area contributed by atoms with Crippen LogP contribution >= 0.6 is 0 Å². The number of anilines is 1. The summed E-state index contributed by atoms with van der Waals surface area (Å²) in [6.07, 6.45) is 3.11. The molecule has 0 aliphatic heterocycles. The first-order valence-corrected chi connectivity index (χ1v) is 6.67. The van der Waals surface area contributed by atoms with Crippen molar-refractivity contribution in [3.8, 4) is 0 Å². The van der Waals surface area contributed by atoms with E-state index in [4.69, 9.17) is 5.73 Å². The second-order valence-electron chi connectivity index (χ2n) is 3.56. The molecule has 0 amide bonds. The van der Waals surface area contributed by atoms with Gasteiger partial charge in [0.25, 0.3) is 0 Å². The normalized spacial score (nSPS) is 11.3. The van der Waals surface area contributed by atoms with Gasteiger partial charge in [-0.25, -0.2) is 23.1 Å². The number of rotatable bonds is 4. The summed E-state index contributed by atoms with van der Waals surface area (Å²) in [6.45, 7) is 0.0492. The van der Waals surface area contributed by atoms with E-state index in [1.807, 2.05) is 0 Å². The van der Waals surface area contributed by atoms with Crippen molar-refractivity contribution in [3.05, 3.63) is 48.5 Å². The highest BCUT2D eigenvalue weighted by Gasteiger charge is 2.13. The first-order chi connectivity index (χ1) is 8.58. The average Bonchev–Trinajstić information content (AvgIpc) is 2.38. The van der Waals surface area contributed by atoms with Gasteiger partial charge in [-0.05, 0) is 30.3 Å². The van der Waals surface area contributed by atoms with Gasteiger partial charge in [0.2, 0.25) is 10.0 Å². The number of nitrogens with two attached hydrogens (primary N) is 1. The van der Waals surface area contributed by atoms with Gasteiger partial charge < -0.3 is 5.73 Å². The summed E-state index contributed by atoms with van der Waals surface area (Å²) in [5.41, 5.74) is 6.01. The Hall–Kier alpha value is -1.99. The monoisotopic (exact) mass is 264 g/mol. The number of hydrogen-bond acceptors (Lipinski definition) is 5. The van der Waals surface area contributed by atoms with E-state index in [0.717, 1.165) is 0 Å². The first-order valence-electron chi connectivity index (χ1n) is 5.19. The van der Waals surface area contributed by atoms with Crippen molar-refractivity contribution in [3.63, 3.8) is 0 Å². The van der Waals surface area contributed by atoms with Crippen LogP contribution in [-0.2, 0) is 16.6 Å². The van der Waals surface area contributed by atoms with E-state index < -0.39 is 10.0 Å². The predicted octanol–water partition coefficient (Wildman–Crippen LogP) is 0.537. The minimum absolute atomic E-state index is 0.0492. The molecule has 1 heterocycles.